The molecule has 0 aliphatic heterocycles. The van der Waals surface area contributed by atoms with Gasteiger partial charge < -0.3 is 9.47 Å². The molecule has 10 heteroatoms. The van der Waals surface area contributed by atoms with Crippen LogP contribution in [0.2, 0.25) is 5.02 Å². The van der Waals surface area contributed by atoms with Gasteiger partial charge in [0.25, 0.3) is 5.69 Å². The zero-order chi connectivity index (χ0) is 23.8. The molecule has 0 bridgehead atoms. The Bertz CT molecular complexity index is 1170. The summed E-state index contributed by atoms with van der Waals surface area (Å²) in [7, 11) is 1.53. The average molecular weight is 580 g/mol. The molecule has 1 N–H and O–H groups in total. The molecular weight excluding hydrogens is 561 g/mol. The van der Waals surface area contributed by atoms with Crippen LogP contribution in [0.25, 0.3) is 0 Å². The van der Waals surface area contributed by atoms with E-state index in [0.717, 1.165) is 14.7 Å². The van der Waals surface area contributed by atoms with Crippen molar-refractivity contribution in [3.63, 3.8) is 0 Å². The molecule has 0 saturated carbocycles. The molecule has 0 atom stereocenters. The number of amides is 1. The Morgan fingerprint density at radius 3 is 2.45 bits per heavy atom. The number of halogens is 2. The first-order chi connectivity index (χ1) is 15.9. The van der Waals surface area contributed by atoms with E-state index in [1.54, 1.807) is 42.5 Å². The first-order valence-corrected chi connectivity index (χ1v) is 11.1. The van der Waals surface area contributed by atoms with E-state index in [1.807, 2.05) is 6.07 Å². The van der Waals surface area contributed by atoms with Crippen molar-refractivity contribution in [2.75, 3.05) is 7.11 Å². The first-order valence-electron chi connectivity index (χ1n) is 9.65. The number of carbonyl (C=O) groups excluding carboxylic acids is 1. The van der Waals surface area contributed by atoms with Gasteiger partial charge in [-0.25, -0.2) is 5.43 Å². The number of nitrogens with one attached hydrogen (secondary N) is 1. The standard InChI is InChI=1S/C23H19ClIN3O5/c1-32-21-11-17(13-26-27-22(29)12-15-2-6-18(24)7-3-15)10-20(25)23(21)33-14-16-4-8-19(9-5-16)28(30)31/h2-11,13H,12,14H2,1H3,(H,27,29)/b26-13-. The van der Waals surface area contributed by atoms with E-state index >= 15 is 0 Å². The molecule has 1 amide bonds. The Morgan fingerprint density at radius 2 is 1.82 bits per heavy atom. The highest BCUT2D eigenvalue weighted by Crippen LogP contribution is 2.34. The van der Waals surface area contributed by atoms with E-state index < -0.39 is 4.92 Å². The largest absolute Gasteiger partial charge is 0.493 e. The van der Waals surface area contributed by atoms with Crippen molar-refractivity contribution >= 4 is 52.0 Å². The number of benzene rings is 3. The minimum Gasteiger partial charge on any atom is -0.493 e. The number of rotatable bonds is 9. The summed E-state index contributed by atoms with van der Waals surface area (Å²) in [6.45, 7) is 0.221. The highest BCUT2D eigenvalue weighted by molar-refractivity contribution is 14.1. The molecule has 0 aliphatic rings. The molecule has 8 nitrogen and oxygen atoms in total. The van der Waals surface area contributed by atoms with Crippen molar-refractivity contribution in [1.29, 1.82) is 0 Å². The van der Waals surface area contributed by atoms with Gasteiger partial charge in [0.1, 0.15) is 6.61 Å². The molecule has 3 aromatic rings. The van der Waals surface area contributed by atoms with Crippen LogP contribution in [0.3, 0.4) is 0 Å². The summed E-state index contributed by atoms with van der Waals surface area (Å²) < 4.78 is 12.1. The molecule has 0 aliphatic carbocycles. The zero-order valence-electron chi connectivity index (χ0n) is 17.5. The Kier molecular flexibility index (Phi) is 8.61. The molecule has 33 heavy (non-hydrogen) atoms. The quantitative estimate of drug-likeness (QED) is 0.164. The number of ether oxygens (including phenoxy) is 2. The Morgan fingerprint density at radius 1 is 1.15 bits per heavy atom. The van der Waals surface area contributed by atoms with Gasteiger partial charge in [-0.05, 0) is 75.7 Å². The fourth-order valence-corrected chi connectivity index (χ4v) is 3.74. The summed E-state index contributed by atoms with van der Waals surface area (Å²) in [5.41, 5.74) is 4.85. The van der Waals surface area contributed by atoms with Gasteiger partial charge in [0.15, 0.2) is 11.5 Å². The molecular formula is C23H19ClIN3O5. The maximum absolute atomic E-state index is 12.1. The normalized spacial score (nSPS) is 10.8. The number of nitro groups is 1. The van der Waals surface area contributed by atoms with Crippen LogP contribution in [0.4, 0.5) is 5.69 Å². The van der Waals surface area contributed by atoms with E-state index in [-0.39, 0.29) is 24.6 Å². The highest BCUT2D eigenvalue weighted by Gasteiger charge is 2.12. The molecule has 0 spiro atoms. The number of methoxy groups -OCH3 is 1. The molecule has 3 aromatic carbocycles. The van der Waals surface area contributed by atoms with Crippen molar-refractivity contribution in [3.05, 3.63) is 96.1 Å². The van der Waals surface area contributed by atoms with Crippen molar-refractivity contribution in [1.82, 2.24) is 5.43 Å². The van der Waals surface area contributed by atoms with Crippen LogP contribution in [0.5, 0.6) is 11.5 Å². The molecule has 170 valence electrons. The van der Waals surface area contributed by atoms with Gasteiger partial charge in [0, 0.05) is 17.2 Å². The van der Waals surface area contributed by atoms with Crippen LogP contribution < -0.4 is 14.9 Å². The van der Waals surface area contributed by atoms with Gasteiger partial charge in [-0.1, -0.05) is 23.7 Å². The first kappa shape index (κ1) is 24.5. The maximum atomic E-state index is 12.1. The Labute approximate surface area is 208 Å². The predicted molar refractivity (Wildman–Crippen MR) is 134 cm³/mol. The van der Waals surface area contributed by atoms with E-state index in [0.29, 0.717) is 22.1 Å². The second-order valence-corrected chi connectivity index (χ2v) is 8.44. The summed E-state index contributed by atoms with van der Waals surface area (Å²) >= 11 is 7.97. The average Bonchev–Trinajstić information content (AvgIpc) is 2.80. The summed E-state index contributed by atoms with van der Waals surface area (Å²) in [5, 5.41) is 15.4. The van der Waals surface area contributed by atoms with Crippen LogP contribution in [0, 0.1) is 13.7 Å². The second kappa shape index (κ2) is 11.6. The minimum absolute atomic E-state index is 0.0230. The number of nitro benzene ring substituents is 1. The van der Waals surface area contributed by atoms with Gasteiger partial charge in [0.05, 0.1) is 28.2 Å². The lowest BCUT2D eigenvalue weighted by atomic mass is 10.1. The van der Waals surface area contributed by atoms with Crippen LogP contribution >= 0.6 is 34.2 Å². The smallest absolute Gasteiger partial charge is 0.269 e. The van der Waals surface area contributed by atoms with Crippen LogP contribution in [-0.4, -0.2) is 24.2 Å². The molecule has 3 rings (SSSR count). The van der Waals surface area contributed by atoms with Crippen LogP contribution in [0.1, 0.15) is 16.7 Å². The minimum atomic E-state index is -0.447. The monoisotopic (exact) mass is 579 g/mol. The lowest BCUT2D eigenvalue weighted by molar-refractivity contribution is -0.384. The number of hydrogen-bond donors (Lipinski definition) is 1. The number of hydrazone groups is 1. The van der Waals surface area contributed by atoms with E-state index in [1.165, 1.54) is 25.5 Å². The van der Waals surface area contributed by atoms with E-state index in [9.17, 15) is 14.9 Å². The van der Waals surface area contributed by atoms with Crippen molar-refractivity contribution in [2.24, 2.45) is 5.10 Å². The van der Waals surface area contributed by atoms with Crippen LogP contribution in [0.15, 0.2) is 65.8 Å². The number of nitrogens with zero attached hydrogens (tertiary/aromatic N) is 2. The number of carbonyl (C=O) groups is 1. The van der Waals surface area contributed by atoms with Gasteiger partial charge >= 0.3 is 0 Å². The Balaban J connectivity index is 1.62. The summed E-state index contributed by atoms with van der Waals surface area (Å²) in [6, 6.07) is 16.8. The molecule has 0 heterocycles. The number of hydrogen-bond acceptors (Lipinski definition) is 6. The number of non-ortho nitro benzene ring substituents is 1. The molecule has 0 fully saturated rings. The third-order valence-corrected chi connectivity index (χ3v) is 5.52. The summed E-state index contributed by atoms with van der Waals surface area (Å²) in [4.78, 5) is 22.4. The lowest BCUT2D eigenvalue weighted by Gasteiger charge is -2.13. The third-order valence-electron chi connectivity index (χ3n) is 4.46. The van der Waals surface area contributed by atoms with E-state index in [2.05, 4.69) is 33.1 Å². The topological polar surface area (TPSA) is 103 Å². The fraction of sp³-hybridized carbons (Fsp3) is 0.130. The van der Waals surface area contributed by atoms with Crippen molar-refractivity contribution in [2.45, 2.75) is 13.0 Å². The molecule has 0 radical (unpaired) electrons. The van der Waals surface area contributed by atoms with Gasteiger partial charge in [0.2, 0.25) is 5.91 Å². The highest BCUT2D eigenvalue weighted by atomic mass is 127. The fourth-order valence-electron chi connectivity index (χ4n) is 2.83. The maximum Gasteiger partial charge on any atom is 0.269 e. The van der Waals surface area contributed by atoms with Gasteiger partial charge in [-0.15, -0.1) is 0 Å². The predicted octanol–water partition coefficient (Wildman–Crippen LogP) is 5.13. The molecule has 0 aromatic heterocycles. The molecule has 0 unspecified atom stereocenters. The second-order valence-electron chi connectivity index (χ2n) is 6.84. The Hall–Kier alpha value is -3.18. The summed E-state index contributed by atoms with van der Waals surface area (Å²) in [6.07, 6.45) is 1.70. The van der Waals surface area contributed by atoms with Crippen molar-refractivity contribution < 1.29 is 19.2 Å². The SMILES string of the molecule is COc1cc(/C=N\NC(=O)Cc2ccc(Cl)cc2)cc(I)c1OCc1ccc([N+](=O)[O-])cc1. The van der Waals surface area contributed by atoms with Crippen molar-refractivity contribution in [3.8, 4) is 11.5 Å². The van der Waals surface area contributed by atoms with Crippen LogP contribution in [-0.2, 0) is 17.8 Å². The lowest BCUT2D eigenvalue weighted by Crippen LogP contribution is -2.19. The van der Waals surface area contributed by atoms with E-state index in [4.69, 9.17) is 21.1 Å². The molecule has 0 saturated heterocycles. The van der Waals surface area contributed by atoms with Gasteiger partial charge in [-0.2, -0.15) is 5.10 Å². The zero-order valence-corrected chi connectivity index (χ0v) is 20.4. The summed E-state index contributed by atoms with van der Waals surface area (Å²) in [5.74, 6) is 0.788. The van der Waals surface area contributed by atoms with Gasteiger partial charge in [-0.3, -0.25) is 14.9 Å². The third kappa shape index (κ3) is 7.16.